The predicted octanol–water partition coefficient (Wildman–Crippen LogP) is 3.37. The lowest BCUT2D eigenvalue weighted by Gasteiger charge is -2.57. The van der Waals surface area contributed by atoms with Gasteiger partial charge in [0.25, 0.3) is 0 Å². The van der Waals surface area contributed by atoms with Crippen molar-refractivity contribution in [1.82, 2.24) is 5.32 Å². The molecule has 0 aromatic rings. The molecular weight excluding hydrogens is 194 g/mol. The lowest BCUT2D eigenvalue weighted by atomic mass is 9.48. The summed E-state index contributed by atoms with van der Waals surface area (Å²) in [5.41, 5.74) is 2.42. The van der Waals surface area contributed by atoms with Crippen molar-refractivity contribution in [2.24, 2.45) is 23.2 Å². The highest BCUT2D eigenvalue weighted by Crippen LogP contribution is 2.60. The van der Waals surface area contributed by atoms with Gasteiger partial charge in [0.2, 0.25) is 0 Å². The molecule has 1 nitrogen and oxygen atoms in total. The van der Waals surface area contributed by atoms with Crippen LogP contribution in [0.1, 0.15) is 46.0 Å². The summed E-state index contributed by atoms with van der Waals surface area (Å²) in [7, 11) is 0. The van der Waals surface area contributed by atoms with Crippen LogP contribution in [0, 0.1) is 23.2 Å². The van der Waals surface area contributed by atoms with E-state index in [-0.39, 0.29) is 0 Å². The number of allylic oxidation sites excluding steroid dienone is 2. The Balaban J connectivity index is 1.65. The van der Waals surface area contributed by atoms with Gasteiger partial charge in [-0.25, -0.2) is 0 Å². The molecule has 2 fully saturated rings. The van der Waals surface area contributed by atoms with Crippen LogP contribution >= 0.6 is 0 Å². The Morgan fingerprint density at radius 3 is 2.94 bits per heavy atom. The Bertz CT molecular complexity index is 297. The average Bonchev–Trinajstić information content (AvgIpc) is 2.30. The molecule has 0 amide bonds. The second kappa shape index (κ2) is 3.87. The van der Waals surface area contributed by atoms with Crippen LogP contribution < -0.4 is 5.32 Å². The second-order valence-electron chi connectivity index (χ2n) is 6.74. The minimum Gasteiger partial charge on any atom is -0.316 e. The van der Waals surface area contributed by atoms with E-state index in [1.807, 2.05) is 0 Å². The second-order valence-corrected chi connectivity index (χ2v) is 6.74. The molecular formula is C15H25N. The molecule has 0 spiro atoms. The van der Waals surface area contributed by atoms with E-state index in [0.29, 0.717) is 5.41 Å². The van der Waals surface area contributed by atoms with Crippen LogP contribution in [0.2, 0.25) is 0 Å². The minimum atomic E-state index is 0.617. The molecule has 3 aliphatic carbocycles. The van der Waals surface area contributed by atoms with E-state index in [1.165, 1.54) is 45.2 Å². The molecule has 1 saturated heterocycles. The van der Waals surface area contributed by atoms with E-state index < -0.39 is 0 Å². The zero-order chi connectivity index (χ0) is 11.2. The first-order valence-corrected chi connectivity index (χ1v) is 7.07. The molecule has 3 atom stereocenters. The Kier molecular flexibility index (Phi) is 2.62. The highest BCUT2D eigenvalue weighted by molar-refractivity contribution is 5.23. The summed E-state index contributed by atoms with van der Waals surface area (Å²) >= 11 is 0. The molecule has 4 rings (SSSR count). The monoisotopic (exact) mass is 219 g/mol. The SMILES string of the molecule is CC1(C)C2CC=C(CC3CCCNC3)C1C2. The molecule has 0 aromatic carbocycles. The Morgan fingerprint density at radius 1 is 1.44 bits per heavy atom. The zero-order valence-corrected chi connectivity index (χ0v) is 10.8. The quantitative estimate of drug-likeness (QED) is 0.702. The standard InChI is InChI=1S/C15H25N/c1-15(2)13-6-5-12(14(15)9-13)8-11-4-3-7-16-10-11/h5,11,13-14,16H,3-4,6-10H2,1-2H3. The van der Waals surface area contributed by atoms with Crippen molar-refractivity contribution in [3.63, 3.8) is 0 Å². The van der Waals surface area contributed by atoms with Gasteiger partial charge in [-0.2, -0.15) is 0 Å². The van der Waals surface area contributed by atoms with E-state index in [0.717, 1.165) is 17.8 Å². The van der Waals surface area contributed by atoms with Gasteiger partial charge in [-0.05, 0) is 68.4 Å². The third-order valence-corrected chi connectivity index (χ3v) is 5.51. The van der Waals surface area contributed by atoms with Crippen LogP contribution in [0.15, 0.2) is 11.6 Å². The highest BCUT2D eigenvalue weighted by Gasteiger charge is 2.51. The van der Waals surface area contributed by atoms with Gasteiger partial charge >= 0.3 is 0 Å². The molecule has 1 aliphatic heterocycles. The summed E-state index contributed by atoms with van der Waals surface area (Å²) in [5, 5.41) is 3.55. The molecule has 16 heavy (non-hydrogen) atoms. The lowest BCUT2D eigenvalue weighted by Crippen LogP contribution is -2.48. The Labute approximate surface area is 99.7 Å². The van der Waals surface area contributed by atoms with Crippen molar-refractivity contribution in [3.05, 3.63) is 11.6 Å². The van der Waals surface area contributed by atoms with E-state index in [4.69, 9.17) is 0 Å². The Morgan fingerprint density at radius 2 is 2.31 bits per heavy atom. The summed E-state index contributed by atoms with van der Waals surface area (Å²) in [6.07, 6.45) is 9.64. The van der Waals surface area contributed by atoms with Gasteiger partial charge in [-0.15, -0.1) is 0 Å². The van der Waals surface area contributed by atoms with Crippen LogP contribution in [0.4, 0.5) is 0 Å². The normalized spacial score (nSPS) is 41.1. The molecule has 2 bridgehead atoms. The number of hydrogen-bond donors (Lipinski definition) is 1. The summed E-state index contributed by atoms with van der Waals surface area (Å²) in [5.74, 6) is 2.84. The first kappa shape index (κ1) is 10.8. The van der Waals surface area contributed by atoms with Crippen LogP contribution in [0.25, 0.3) is 0 Å². The fraction of sp³-hybridized carbons (Fsp3) is 0.867. The molecule has 1 N–H and O–H groups in total. The smallest absolute Gasteiger partial charge is 0.00174 e. The third kappa shape index (κ3) is 1.64. The van der Waals surface area contributed by atoms with Crippen LogP contribution in [-0.4, -0.2) is 13.1 Å². The first-order valence-electron chi connectivity index (χ1n) is 7.07. The number of nitrogens with one attached hydrogen (secondary N) is 1. The lowest BCUT2D eigenvalue weighted by molar-refractivity contribution is -0.00985. The fourth-order valence-electron chi connectivity index (χ4n) is 4.14. The largest absolute Gasteiger partial charge is 0.316 e. The summed E-state index contributed by atoms with van der Waals surface area (Å²) < 4.78 is 0. The van der Waals surface area contributed by atoms with Gasteiger partial charge in [0.1, 0.15) is 0 Å². The van der Waals surface area contributed by atoms with Crippen molar-refractivity contribution in [3.8, 4) is 0 Å². The maximum atomic E-state index is 3.55. The topological polar surface area (TPSA) is 12.0 Å². The summed E-state index contributed by atoms with van der Waals surface area (Å²) in [4.78, 5) is 0. The maximum absolute atomic E-state index is 3.55. The Hall–Kier alpha value is -0.300. The zero-order valence-electron chi connectivity index (χ0n) is 10.8. The minimum absolute atomic E-state index is 0.617. The van der Waals surface area contributed by atoms with E-state index in [1.54, 1.807) is 5.57 Å². The predicted molar refractivity (Wildman–Crippen MR) is 68.3 cm³/mol. The molecule has 1 heteroatoms. The first-order chi connectivity index (χ1) is 7.68. The van der Waals surface area contributed by atoms with E-state index in [2.05, 4.69) is 25.2 Å². The summed E-state index contributed by atoms with van der Waals surface area (Å²) in [6, 6.07) is 0. The number of fused-ring (bicyclic) bond motifs is 1. The fourth-order valence-corrected chi connectivity index (χ4v) is 4.14. The number of rotatable bonds is 2. The van der Waals surface area contributed by atoms with Crippen molar-refractivity contribution < 1.29 is 0 Å². The van der Waals surface area contributed by atoms with Gasteiger partial charge in [-0.1, -0.05) is 25.5 Å². The molecule has 1 saturated carbocycles. The van der Waals surface area contributed by atoms with Crippen molar-refractivity contribution in [1.29, 1.82) is 0 Å². The molecule has 3 unspecified atom stereocenters. The highest BCUT2D eigenvalue weighted by atomic mass is 14.9. The van der Waals surface area contributed by atoms with Gasteiger partial charge in [0.05, 0.1) is 0 Å². The molecule has 4 aliphatic rings. The van der Waals surface area contributed by atoms with Gasteiger partial charge in [0, 0.05) is 0 Å². The third-order valence-electron chi connectivity index (χ3n) is 5.51. The molecule has 90 valence electrons. The van der Waals surface area contributed by atoms with Crippen molar-refractivity contribution in [2.75, 3.05) is 13.1 Å². The van der Waals surface area contributed by atoms with E-state index >= 15 is 0 Å². The van der Waals surface area contributed by atoms with Crippen molar-refractivity contribution >= 4 is 0 Å². The summed E-state index contributed by atoms with van der Waals surface area (Å²) in [6.45, 7) is 7.47. The average molecular weight is 219 g/mol. The molecule has 1 heterocycles. The maximum Gasteiger partial charge on any atom is -0.00174 e. The number of hydrogen-bond acceptors (Lipinski definition) is 1. The number of piperidine rings is 1. The van der Waals surface area contributed by atoms with Gasteiger partial charge in [0.15, 0.2) is 0 Å². The van der Waals surface area contributed by atoms with Crippen LogP contribution in [0.3, 0.4) is 0 Å². The van der Waals surface area contributed by atoms with E-state index in [9.17, 15) is 0 Å². The molecule has 0 radical (unpaired) electrons. The van der Waals surface area contributed by atoms with Crippen molar-refractivity contribution in [2.45, 2.75) is 46.0 Å². The molecule has 0 aromatic heterocycles. The van der Waals surface area contributed by atoms with Crippen LogP contribution in [-0.2, 0) is 0 Å². The van der Waals surface area contributed by atoms with Crippen LogP contribution in [0.5, 0.6) is 0 Å². The van der Waals surface area contributed by atoms with Gasteiger partial charge < -0.3 is 5.32 Å². The van der Waals surface area contributed by atoms with Gasteiger partial charge in [-0.3, -0.25) is 0 Å².